The summed E-state index contributed by atoms with van der Waals surface area (Å²) in [5.41, 5.74) is -0.405. The zero-order valence-corrected chi connectivity index (χ0v) is 29.6. The van der Waals surface area contributed by atoms with E-state index >= 15 is 0 Å². The molecule has 4 atom stereocenters. The molecule has 13 nitrogen and oxygen atoms in total. The molecule has 49 heavy (non-hydrogen) atoms. The highest BCUT2D eigenvalue weighted by molar-refractivity contribution is 5.92. The fourth-order valence-electron chi connectivity index (χ4n) is 6.00. The summed E-state index contributed by atoms with van der Waals surface area (Å²) in [5.74, 6) is -2.00. The van der Waals surface area contributed by atoms with Gasteiger partial charge in [0.05, 0.1) is 11.7 Å². The summed E-state index contributed by atoms with van der Waals surface area (Å²) in [5, 5.41) is 27.9. The van der Waals surface area contributed by atoms with Gasteiger partial charge >= 0.3 is 6.09 Å². The molecule has 270 valence electrons. The number of ketones is 1. The molecule has 1 aromatic heterocycles. The first-order valence-electron chi connectivity index (χ1n) is 17.2. The van der Waals surface area contributed by atoms with Crippen LogP contribution in [0.1, 0.15) is 97.7 Å². The Kier molecular flexibility index (Phi) is 14.0. The molecule has 13 heteroatoms. The summed E-state index contributed by atoms with van der Waals surface area (Å²) in [7, 11) is 0. The normalized spacial score (nSPS) is 16.6. The number of amides is 2. The number of carbonyl (C=O) groups is 4. The summed E-state index contributed by atoms with van der Waals surface area (Å²) in [6, 6.07) is 7.02. The molecular formula is C36H53N5O8. The van der Waals surface area contributed by atoms with Gasteiger partial charge < -0.3 is 20.5 Å². The van der Waals surface area contributed by atoms with E-state index in [1.807, 2.05) is 30.3 Å². The van der Waals surface area contributed by atoms with Crippen molar-refractivity contribution in [1.29, 1.82) is 0 Å². The number of rotatable bonds is 15. The highest BCUT2D eigenvalue weighted by Crippen LogP contribution is 2.28. The van der Waals surface area contributed by atoms with Gasteiger partial charge in [-0.3, -0.25) is 24.5 Å². The van der Waals surface area contributed by atoms with Crippen molar-refractivity contribution in [2.75, 3.05) is 6.54 Å². The maximum Gasteiger partial charge on any atom is 0.420 e. The number of aliphatic hydroxyl groups is 1. The maximum absolute atomic E-state index is 14.1. The van der Waals surface area contributed by atoms with Crippen LogP contribution in [-0.4, -0.2) is 73.6 Å². The lowest BCUT2D eigenvalue weighted by atomic mass is 9.83. The van der Waals surface area contributed by atoms with Crippen LogP contribution in [0.15, 0.2) is 42.9 Å². The van der Waals surface area contributed by atoms with Crippen LogP contribution >= 0.6 is 0 Å². The van der Waals surface area contributed by atoms with E-state index in [4.69, 9.17) is 4.74 Å². The van der Waals surface area contributed by atoms with Crippen LogP contribution in [0.4, 0.5) is 4.79 Å². The van der Waals surface area contributed by atoms with Crippen molar-refractivity contribution in [1.82, 2.24) is 20.2 Å². The number of nitro groups is 1. The molecule has 2 amide bonds. The Hall–Kier alpha value is -4.13. The van der Waals surface area contributed by atoms with Crippen LogP contribution in [0.3, 0.4) is 0 Å². The van der Waals surface area contributed by atoms with Gasteiger partial charge in [-0.05, 0) is 45.1 Å². The molecule has 3 N–H and O–H groups in total. The number of nitrogens with one attached hydrogen (secondary N) is 2. The van der Waals surface area contributed by atoms with E-state index in [9.17, 15) is 34.4 Å². The van der Waals surface area contributed by atoms with Crippen LogP contribution in [0.5, 0.6) is 0 Å². The number of aliphatic hydroxyl groups excluding tert-OH is 1. The number of ether oxygens (including phenoxy) is 1. The standard InChI is InChI=1S/C36H53N5O8/c1-35(2,3)31(43)19-26(17-24-13-9-7-10-14-24)32(44)39-29(20-27-21-37-23-40(27)34(46)49-36(4,5)6)33(45)38-28(30(42)22-41(47)48)18-25-15-11-8-12-16-25/h7,9-10,13-14,21,23,25-26,28-30,42H,8,11-12,15-20,22H2,1-6H3,(H,38,45)(H,39,44)/t26-,28+,29+,30?/m1/s1. The van der Waals surface area contributed by atoms with Crippen molar-refractivity contribution in [3.05, 3.63) is 64.2 Å². The van der Waals surface area contributed by atoms with Crippen LogP contribution in [0.2, 0.25) is 0 Å². The first kappa shape index (κ1) is 39.3. The highest BCUT2D eigenvalue weighted by Gasteiger charge is 2.35. The van der Waals surface area contributed by atoms with Crippen molar-refractivity contribution < 1.29 is 33.9 Å². The monoisotopic (exact) mass is 683 g/mol. The molecule has 1 aromatic carbocycles. The smallest absolute Gasteiger partial charge is 0.420 e. The highest BCUT2D eigenvalue weighted by atomic mass is 16.6. The van der Waals surface area contributed by atoms with Gasteiger partial charge in [-0.1, -0.05) is 83.2 Å². The Bertz CT molecular complexity index is 1420. The molecule has 3 rings (SSSR count). The van der Waals surface area contributed by atoms with E-state index in [1.54, 1.807) is 41.5 Å². The molecule has 1 aliphatic carbocycles. The van der Waals surface area contributed by atoms with Crippen molar-refractivity contribution in [3.8, 4) is 0 Å². The number of nitrogens with zero attached hydrogens (tertiary/aromatic N) is 3. The zero-order chi connectivity index (χ0) is 36.4. The third-order valence-electron chi connectivity index (χ3n) is 8.76. The minimum atomic E-state index is -1.46. The SMILES string of the molecule is CC(C)(C)OC(=O)n1cncc1C[C@H](NC(=O)[C@@H](CC(=O)C(C)(C)C)Cc1ccccc1)C(=O)N[C@@H](CC1CCCCC1)C(O)C[N+](=O)[O-]. The number of benzene rings is 1. The molecule has 0 bridgehead atoms. The molecule has 0 radical (unpaired) electrons. The fourth-order valence-corrected chi connectivity index (χ4v) is 6.00. The van der Waals surface area contributed by atoms with Gasteiger partial charge in [-0.2, -0.15) is 0 Å². The second-order valence-electron chi connectivity index (χ2n) is 15.2. The number of hydrogen-bond donors (Lipinski definition) is 3. The molecular weight excluding hydrogens is 630 g/mol. The molecule has 0 saturated heterocycles. The zero-order valence-electron chi connectivity index (χ0n) is 29.6. The number of Topliss-reactive ketones (excluding diaryl/α,β-unsaturated/α-hetero) is 1. The minimum absolute atomic E-state index is 0.0692. The third kappa shape index (κ3) is 13.0. The first-order chi connectivity index (χ1) is 22.9. The van der Waals surface area contributed by atoms with E-state index in [1.165, 1.54) is 12.5 Å². The maximum atomic E-state index is 14.1. The van der Waals surface area contributed by atoms with Gasteiger partial charge in [0.1, 0.15) is 29.9 Å². The van der Waals surface area contributed by atoms with Crippen LogP contribution in [0.25, 0.3) is 0 Å². The summed E-state index contributed by atoms with van der Waals surface area (Å²) >= 11 is 0. The summed E-state index contributed by atoms with van der Waals surface area (Å²) in [4.78, 5) is 69.1. The number of carbonyl (C=O) groups excluding carboxylic acids is 4. The summed E-state index contributed by atoms with van der Waals surface area (Å²) in [6.45, 7) is 9.73. The van der Waals surface area contributed by atoms with E-state index in [0.717, 1.165) is 42.2 Å². The van der Waals surface area contributed by atoms with Gasteiger partial charge in [0.15, 0.2) is 0 Å². The topological polar surface area (TPSA) is 183 Å². The van der Waals surface area contributed by atoms with E-state index in [2.05, 4.69) is 15.6 Å². The lowest BCUT2D eigenvalue weighted by Crippen LogP contribution is -2.55. The Morgan fingerprint density at radius 3 is 2.24 bits per heavy atom. The molecule has 0 spiro atoms. The first-order valence-corrected chi connectivity index (χ1v) is 17.2. The average molecular weight is 684 g/mol. The lowest BCUT2D eigenvalue weighted by Gasteiger charge is -2.31. The second kappa shape index (κ2) is 17.5. The van der Waals surface area contributed by atoms with Crippen molar-refractivity contribution in [2.24, 2.45) is 17.3 Å². The predicted octanol–water partition coefficient (Wildman–Crippen LogP) is 4.65. The van der Waals surface area contributed by atoms with Crippen molar-refractivity contribution in [2.45, 2.75) is 123 Å². The van der Waals surface area contributed by atoms with Crippen LogP contribution in [-0.2, 0) is 32.0 Å². The quantitative estimate of drug-likeness (QED) is 0.178. The van der Waals surface area contributed by atoms with E-state index in [0.29, 0.717) is 6.42 Å². The molecule has 2 aromatic rings. The van der Waals surface area contributed by atoms with Gasteiger partial charge in [0, 0.05) is 35.3 Å². The summed E-state index contributed by atoms with van der Waals surface area (Å²) < 4.78 is 6.66. The van der Waals surface area contributed by atoms with E-state index < -0.39 is 64.5 Å². The van der Waals surface area contributed by atoms with Gasteiger partial charge in [0.25, 0.3) is 0 Å². The Morgan fingerprint density at radius 2 is 1.65 bits per heavy atom. The lowest BCUT2D eigenvalue weighted by molar-refractivity contribution is -0.491. The molecule has 0 aliphatic heterocycles. The average Bonchev–Trinajstić information content (AvgIpc) is 3.48. The molecule has 1 fully saturated rings. The Morgan fingerprint density at radius 1 is 1.00 bits per heavy atom. The number of hydrogen-bond acceptors (Lipinski definition) is 9. The molecule has 1 unspecified atom stereocenters. The Labute approximate surface area is 288 Å². The number of aromatic nitrogens is 2. The molecule has 1 saturated carbocycles. The van der Waals surface area contributed by atoms with Gasteiger partial charge in [-0.15, -0.1) is 0 Å². The third-order valence-corrected chi connectivity index (χ3v) is 8.76. The Balaban J connectivity index is 1.95. The summed E-state index contributed by atoms with van der Waals surface area (Å²) in [6.07, 6.45) is 5.65. The van der Waals surface area contributed by atoms with Crippen molar-refractivity contribution >= 4 is 23.7 Å². The van der Waals surface area contributed by atoms with Crippen LogP contribution in [0, 0.1) is 27.4 Å². The second-order valence-corrected chi connectivity index (χ2v) is 15.2. The minimum Gasteiger partial charge on any atom is -0.443 e. The van der Waals surface area contributed by atoms with Gasteiger partial charge in [0.2, 0.25) is 18.4 Å². The van der Waals surface area contributed by atoms with E-state index in [-0.39, 0.29) is 36.7 Å². The van der Waals surface area contributed by atoms with Crippen molar-refractivity contribution in [3.63, 3.8) is 0 Å². The largest absolute Gasteiger partial charge is 0.443 e. The molecule has 1 aliphatic rings. The molecule has 1 heterocycles. The predicted molar refractivity (Wildman–Crippen MR) is 183 cm³/mol. The van der Waals surface area contributed by atoms with Gasteiger partial charge in [-0.25, -0.2) is 14.3 Å². The fraction of sp³-hybridized carbons (Fsp3) is 0.639. The van der Waals surface area contributed by atoms with Crippen LogP contribution < -0.4 is 10.6 Å². The number of imidazole rings is 1.